The summed E-state index contributed by atoms with van der Waals surface area (Å²) in [6, 6.07) is 9.54. The smallest absolute Gasteiger partial charge is 0.219 e. The first kappa shape index (κ1) is 16.5. The molecule has 0 bridgehead atoms. The quantitative estimate of drug-likeness (QED) is 0.931. The maximum Gasteiger partial charge on any atom is 0.219 e. The first-order valence-electron chi connectivity index (χ1n) is 8.94. The molecule has 0 radical (unpaired) electrons. The van der Waals surface area contributed by atoms with Crippen LogP contribution in [0.1, 0.15) is 49.7 Å². The number of benzene rings is 1. The van der Waals surface area contributed by atoms with E-state index in [9.17, 15) is 4.79 Å². The van der Waals surface area contributed by atoms with Crippen LogP contribution in [0.25, 0.3) is 0 Å². The molecule has 1 aromatic carbocycles. The molecule has 0 spiro atoms. The summed E-state index contributed by atoms with van der Waals surface area (Å²) < 4.78 is 0. The van der Waals surface area contributed by atoms with Gasteiger partial charge >= 0.3 is 0 Å². The molecule has 23 heavy (non-hydrogen) atoms. The molecule has 4 heteroatoms. The molecule has 2 aliphatic heterocycles. The van der Waals surface area contributed by atoms with E-state index >= 15 is 0 Å². The Labute approximate surface area is 139 Å². The van der Waals surface area contributed by atoms with Gasteiger partial charge in [-0.05, 0) is 55.8 Å². The Morgan fingerprint density at radius 2 is 1.65 bits per heavy atom. The Morgan fingerprint density at radius 3 is 2.22 bits per heavy atom. The molecule has 0 aromatic heterocycles. The SMILES string of the molecule is CC(=O)N1CCC(c2ccc(CN3CCC(N)CC3)cc2)CC1. The number of nitrogens with two attached hydrogens (primary N) is 1. The molecule has 0 unspecified atom stereocenters. The molecular weight excluding hydrogens is 286 g/mol. The van der Waals surface area contributed by atoms with E-state index in [4.69, 9.17) is 5.73 Å². The van der Waals surface area contributed by atoms with Crippen molar-refractivity contribution in [1.82, 2.24) is 9.80 Å². The van der Waals surface area contributed by atoms with E-state index in [1.807, 2.05) is 4.90 Å². The summed E-state index contributed by atoms with van der Waals surface area (Å²) >= 11 is 0. The van der Waals surface area contributed by atoms with Gasteiger partial charge < -0.3 is 10.6 Å². The summed E-state index contributed by atoms with van der Waals surface area (Å²) in [5.41, 5.74) is 8.79. The molecular formula is C19H29N3O. The number of piperidine rings is 2. The number of hydrogen-bond donors (Lipinski definition) is 1. The second-order valence-corrected chi connectivity index (χ2v) is 7.14. The van der Waals surface area contributed by atoms with Crippen molar-refractivity contribution in [2.24, 2.45) is 5.73 Å². The molecule has 2 heterocycles. The predicted octanol–water partition coefficient (Wildman–Crippen LogP) is 2.34. The molecule has 2 aliphatic rings. The first-order valence-corrected chi connectivity index (χ1v) is 8.94. The van der Waals surface area contributed by atoms with Crippen LogP contribution in [0.4, 0.5) is 0 Å². The zero-order valence-electron chi connectivity index (χ0n) is 14.2. The fraction of sp³-hybridized carbons (Fsp3) is 0.632. The lowest BCUT2D eigenvalue weighted by atomic mass is 9.89. The number of nitrogens with zero attached hydrogens (tertiary/aromatic N) is 2. The van der Waals surface area contributed by atoms with Crippen molar-refractivity contribution in [2.75, 3.05) is 26.2 Å². The molecule has 2 fully saturated rings. The van der Waals surface area contributed by atoms with Crippen LogP contribution < -0.4 is 5.73 Å². The van der Waals surface area contributed by atoms with Gasteiger partial charge in [0, 0.05) is 32.6 Å². The lowest BCUT2D eigenvalue weighted by Gasteiger charge is -2.32. The number of hydrogen-bond acceptors (Lipinski definition) is 3. The summed E-state index contributed by atoms with van der Waals surface area (Å²) in [5.74, 6) is 0.813. The fourth-order valence-corrected chi connectivity index (χ4v) is 3.79. The monoisotopic (exact) mass is 315 g/mol. The van der Waals surface area contributed by atoms with Gasteiger partial charge in [-0.3, -0.25) is 9.69 Å². The van der Waals surface area contributed by atoms with Crippen LogP contribution in [-0.4, -0.2) is 47.9 Å². The maximum atomic E-state index is 11.4. The Morgan fingerprint density at radius 1 is 1.04 bits per heavy atom. The highest BCUT2D eigenvalue weighted by atomic mass is 16.2. The van der Waals surface area contributed by atoms with Crippen LogP contribution in [0, 0.1) is 0 Å². The Bertz CT molecular complexity index is 512. The second kappa shape index (κ2) is 7.45. The fourth-order valence-electron chi connectivity index (χ4n) is 3.79. The Kier molecular flexibility index (Phi) is 5.34. The minimum Gasteiger partial charge on any atom is -0.343 e. The van der Waals surface area contributed by atoms with E-state index in [2.05, 4.69) is 29.2 Å². The average Bonchev–Trinajstić information content (AvgIpc) is 2.58. The van der Waals surface area contributed by atoms with Gasteiger partial charge in [0.15, 0.2) is 0 Å². The Hall–Kier alpha value is -1.39. The molecule has 0 saturated carbocycles. The summed E-state index contributed by atoms with van der Waals surface area (Å²) in [5, 5.41) is 0. The van der Waals surface area contributed by atoms with E-state index in [0.717, 1.165) is 58.4 Å². The van der Waals surface area contributed by atoms with Crippen molar-refractivity contribution in [1.29, 1.82) is 0 Å². The van der Waals surface area contributed by atoms with Gasteiger partial charge in [-0.1, -0.05) is 24.3 Å². The van der Waals surface area contributed by atoms with Gasteiger partial charge in [0.25, 0.3) is 0 Å². The molecule has 126 valence electrons. The van der Waals surface area contributed by atoms with Crippen LogP contribution in [0.15, 0.2) is 24.3 Å². The molecule has 0 atom stereocenters. The van der Waals surface area contributed by atoms with Crippen molar-refractivity contribution in [3.8, 4) is 0 Å². The van der Waals surface area contributed by atoms with Crippen molar-refractivity contribution >= 4 is 5.91 Å². The van der Waals surface area contributed by atoms with Crippen LogP contribution in [0.3, 0.4) is 0 Å². The third kappa shape index (κ3) is 4.33. The molecule has 3 rings (SSSR count). The molecule has 1 amide bonds. The van der Waals surface area contributed by atoms with Gasteiger partial charge in [-0.15, -0.1) is 0 Å². The summed E-state index contributed by atoms with van der Waals surface area (Å²) in [6.07, 6.45) is 4.41. The van der Waals surface area contributed by atoms with Crippen molar-refractivity contribution in [3.63, 3.8) is 0 Å². The van der Waals surface area contributed by atoms with Crippen LogP contribution in [0.5, 0.6) is 0 Å². The zero-order valence-corrected chi connectivity index (χ0v) is 14.2. The molecule has 2 saturated heterocycles. The van der Waals surface area contributed by atoms with Crippen LogP contribution in [0.2, 0.25) is 0 Å². The van der Waals surface area contributed by atoms with Crippen LogP contribution >= 0.6 is 0 Å². The van der Waals surface area contributed by atoms with E-state index in [1.54, 1.807) is 6.92 Å². The topological polar surface area (TPSA) is 49.6 Å². The largest absolute Gasteiger partial charge is 0.343 e. The summed E-state index contributed by atoms with van der Waals surface area (Å²) in [4.78, 5) is 15.9. The van der Waals surface area contributed by atoms with Gasteiger partial charge in [-0.2, -0.15) is 0 Å². The highest BCUT2D eigenvalue weighted by Gasteiger charge is 2.22. The highest BCUT2D eigenvalue weighted by Crippen LogP contribution is 2.28. The normalized spacial score (nSPS) is 21.6. The number of rotatable bonds is 3. The molecule has 4 nitrogen and oxygen atoms in total. The highest BCUT2D eigenvalue weighted by molar-refractivity contribution is 5.73. The lowest BCUT2D eigenvalue weighted by Crippen LogP contribution is -2.39. The third-order valence-electron chi connectivity index (χ3n) is 5.43. The maximum absolute atomic E-state index is 11.4. The first-order chi connectivity index (χ1) is 11.1. The van der Waals surface area contributed by atoms with Gasteiger partial charge in [-0.25, -0.2) is 0 Å². The third-order valence-corrected chi connectivity index (χ3v) is 5.43. The van der Waals surface area contributed by atoms with Gasteiger partial charge in [0.2, 0.25) is 5.91 Å². The van der Waals surface area contributed by atoms with Gasteiger partial charge in [0.05, 0.1) is 0 Å². The summed E-state index contributed by atoms with van der Waals surface area (Å²) in [6.45, 7) is 6.74. The number of carbonyl (C=O) groups is 1. The standard InChI is InChI=1S/C19H29N3O/c1-15(23)22-12-6-18(7-13-22)17-4-2-16(3-5-17)14-21-10-8-19(20)9-11-21/h2-5,18-19H,6-14,20H2,1H3. The van der Waals surface area contributed by atoms with E-state index in [-0.39, 0.29) is 5.91 Å². The number of carbonyl (C=O) groups excluding carboxylic acids is 1. The van der Waals surface area contributed by atoms with Crippen molar-refractivity contribution < 1.29 is 4.79 Å². The summed E-state index contributed by atoms with van der Waals surface area (Å²) in [7, 11) is 0. The minimum atomic E-state index is 0.208. The molecule has 1 aromatic rings. The predicted molar refractivity (Wildman–Crippen MR) is 93.2 cm³/mol. The lowest BCUT2D eigenvalue weighted by molar-refractivity contribution is -0.129. The Balaban J connectivity index is 1.52. The van der Waals surface area contributed by atoms with E-state index in [1.165, 1.54) is 11.1 Å². The van der Waals surface area contributed by atoms with Crippen molar-refractivity contribution in [2.45, 2.75) is 51.1 Å². The molecule has 2 N–H and O–H groups in total. The number of amides is 1. The van der Waals surface area contributed by atoms with Crippen LogP contribution in [-0.2, 0) is 11.3 Å². The van der Waals surface area contributed by atoms with E-state index in [0.29, 0.717) is 12.0 Å². The zero-order chi connectivity index (χ0) is 16.2. The number of likely N-dealkylation sites (tertiary alicyclic amines) is 2. The van der Waals surface area contributed by atoms with Gasteiger partial charge in [0.1, 0.15) is 0 Å². The molecule has 0 aliphatic carbocycles. The van der Waals surface area contributed by atoms with E-state index < -0.39 is 0 Å². The minimum absolute atomic E-state index is 0.208. The second-order valence-electron chi connectivity index (χ2n) is 7.14. The average molecular weight is 315 g/mol. The van der Waals surface area contributed by atoms with Crippen molar-refractivity contribution in [3.05, 3.63) is 35.4 Å².